The van der Waals surface area contributed by atoms with Gasteiger partial charge >= 0.3 is 18.3 Å². The standard InChI is InChI=1S/C16H22N2O8/c1-4-23-14(21)25-11-7-6-10(9-16(3,18-17)13(19)20)8-12(11)26-15(22)24-5-2/h6-8,18H,4-5,9,17H2,1-3H3,(H,19,20)/t16-/m0/s1. The Labute approximate surface area is 150 Å². The van der Waals surface area contributed by atoms with Gasteiger partial charge < -0.3 is 24.1 Å². The summed E-state index contributed by atoms with van der Waals surface area (Å²) in [6.07, 6.45) is -2.01. The van der Waals surface area contributed by atoms with E-state index in [9.17, 15) is 19.5 Å². The molecule has 1 aromatic rings. The molecule has 0 radical (unpaired) electrons. The Morgan fingerprint density at radius 1 is 1.08 bits per heavy atom. The molecule has 1 atom stereocenters. The van der Waals surface area contributed by atoms with E-state index in [1.54, 1.807) is 13.8 Å². The fourth-order valence-corrected chi connectivity index (χ4v) is 1.90. The number of ether oxygens (including phenoxy) is 4. The molecule has 1 aromatic carbocycles. The van der Waals surface area contributed by atoms with Gasteiger partial charge in [-0.2, -0.15) is 0 Å². The number of nitrogens with two attached hydrogens (primary N) is 1. The average Bonchev–Trinajstić information content (AvgIpc) is 2.57. The zero-order valence-electron chi connectivity index (χ0n) is 14.7. The van der Waals surface area contributed by atoms with Crippen molar-refractivity contribution in [2.45, 2.75) is 32.7 Å². The van der Waals surface area contributed by atoms with E-state index in [1.807, 2.05) is 0 Å². The molecule has 0 heterocycles. The van der Waals surface area contributed by atoms with Gasteiger partial charge in [0.1, 0.15) is 5.54 Å². The first-order valence-electron chi connectivity index (χ1n) is 7.79. The molecule has 0 saturated heterocycles. The fraction of sp³-hybridized carbons (Fsp3) is 0.438. The summed E-state index contributed by atoms with van der Waals surface area (Å²) in [6.45, 7) is 4.78. The number of hydrogen-bond donors (Lipinski definition) is 3. The number of rotatable bonds is 8. The number of carboxylic acid groups (broad SMARTS) is 1. The molecule has 0 fully saturated rings. The summed E-state index contributed by atoms with van der Waals surface area (Å²) in [7, 11) is 0. The van der Waals surface area contributed by atoms with Crippen LogP contribution in [0.1, 0.15) is 26.3 Å². The number of hydrazine groups is 1. The molecule has 0 saturated carbocycles. The van der Waals surface area contributed by atoms with Crippen molar-refractivity contribution in [2.24, 2.45) is 5.84 Å². The van der Waals surface area contributed by atoms with Crippen LogP contribution < -0.4 is 20.7 Å². The van der Waals surface area contributed by atoms with Gasteiger partial charge in [-0.3, -0.25) is 10.6 Å². The maximum atomic E-state index is 11.6. The molecule has 0 aliphatic heterocycles. The highest BCUT2D eigenvalue weighted by atomic mass is 16.7. The molecule has 0 unspecified atom stereocenters. The molecule has 0 bridgehead atoms. The number of carboxylic acids is 1. The highest BCUT2D eigenvalue weighted by Gasteiger charge is 2.32. The van der Waals surface area contributed by atoms with Gasteiger partial charge in [-0.15, -0.1) is 0 Å². The highest BCUT2D eigenvalue weighted by Crippen LogP contribution is 2.30. The molecule has 0 aliphatic rings. The van der Waals surface area contributed by atoms with Gasteiger partial charge in [0.05, 0.1) is 13.2 Å². The summed E-state index contributed by atoms with van der Waals surface area (Å²) >= 11 is 0. The Hall–Kier alpha value is -2.85. The van der Waals surface area contributed by atoms with E-state index in [0.717, 1.165) is 0 Å². The van der Waals surface area contributed by atoms with Crippen molar-refractivity contribution >= 4 is 18.3 Å². The summed E-state index contributed by atoms with van der Waals surface area (Å²) < 4.78 is 19.4. The summed E-state index contributed by atoms with van der Waals surface area (Å²) in [5, 5.41) is 9.28. The molecule has 26 heavy (non-hydrogen) atoms. The first kappa shape index (κ1) is 21.2. The normalized spacial score (nSPS) is 12.6. The lowest BCUT2D eigenvalue weighted by Crippen LogP contribution is -2.54. The van der Waals surface area contributed by atoms with Crippen molar-refractivity contribution in [1.82, 2.24) is 5.43 Å². The largest absolute Gasteiger partial charge is 0.513 e. The smallest absolute Gasteiger partial charge is 0.480 e. The van der Waals surface area contributed by atoms with Crippen LogP contribution in [0.25, 0.3) is 0 Å². The van der Waals surface area contributed by atoms with Crippen LogP contribution in [-0.4, -0.2) is 42.1 Å². The zero-order chi connectivity index (χ0) is 19.7. The van der Waals surface area contributed by atoms with Crippen molar-refractivity contribution in [3.63, 3.8) is 0 Å². The third-order valence-electron chi connectivity index (χ3n) is 3.27. The van der Waals surface area contributed by atoms with Gasteiger partial charge in [-0.05, 0) is 38.5 Å². The van der Waals surface area contributed by atoms with Gasteiger partial charge in [-0.1, -0.05) is 6.07 Å². The van der Waals surface area contributed by atoms with Gasteiger partial charge in [-0.25, -0.2) is 15.0 Å². The van der Waals surface area contributed by atoms with Crippen LogP contribution >= 0.6 is 0 Å². The lowest BCUT2D eigenvalue weighted by atomic mass is 9.93. The Balaban J connectivity index is 3.14. The molecule has 0 aromatic heterocycles. The maximum absolute atomic E-state index is 11.6. The van der Waals surface area contributed by atoms with Crippen molar-refractivity contribution in [2.75, 3.05) is 13.2 Å². The van der Waals surface area contributed by atoms with E-state index in [-0.39, 0.29) is 31.1 Å². The minimum atomic E-state index is -1.45. The summed E-state index contributed by atoms with van der Waals surface area (Å²) in [4.78, 5) is 34.5. The minimum Gasteiger partial charge on any atom is -0.480 e. The first-order chi connectivity index (χ1) is 12.3. The van der Waals surface area contributed by atoms with Crippen LogP contribution in [0.15, 0.2) is 18.2 Å². The maximum Gasteiger partial charge on any atom is 0.513 e. The quantitative estimate of drug-likeness (QED) is 0.267. The minimum absolute atomic E-state index is 0.0301. The van der Waals surface area contributed by atoms with Crippen molar-refractivity contribution in [1.29, 1.82) is 0 Å². The van der Waals surface area contributed by atoms with Crippen LogP contribution in [0.4, 0.5) is 9.59 Å². The van der Waals surface area contributed by atoms with Gasteiger partial charge in [0.15, 0.2) is 11.5 Å². The van der Waals surface area contributed by atoms with Crippen molar-refractivity contribution in [3.8, 4) is 11.5 Å². The second kappa shape index (κ2) is 9.59. The molecular formula is C16H22N2O8. The van der Waals surface area contributed by atoms with Gasteiger partial charge in [0.2, 0.25) is 0 Å². The summed E-state index contributed by atoms with van der Waals surface area (Å²) in [5.74, 6) is 3.94. The predicted octanol–water partition coefficient (Wildman–Crippen LogP) is 1.61. The number of carbonyl (C=O) groups is 3. The Morgan fingerprint density at radius 3 is 2.08 bits per heavy atom. The van der Waals surface area contributed by atoms with E-state index in [2.05, 4.69) is 10.2 Å². The lowest BCUT2D eigenvalue weighted by Gasteiger charge is -2.24. The number of nitrogens with one attached hydrogen (secondary N) is 1. The Kier molecular flexibility index (Phi) is 7.81. The molecule has 0 aliphatic carbocycles. The number of benzene rings is 1. The molecule has 144 valence electrons. The molecule has 10 heteroatoms. The van der Waals surface area contributed by atoms with E-state index >= 15 is 0 Å². The second-order valence-electron chi connectivity index (χ2n) is 5.31. The molecular weight excluding hydrogens is 348 g/mol. The second-order valence-corrected chi connectivity index (χ2v) is 5.31. The molecule has 1 rings (SSSR count). The number of aliphatic carboxylic acids is 1. The predicted molar refractivity (Wildman–Crippen MR) is 88.8 cm³/mol. The Bertz CT molecular complexity index is 664. The fourth-order valence-electron chi connectivity index (χ4n) is 1.90. The zero-order valence-corrected chi connectivity index (χ0v) is 14.7. The molecule has 0 amide bonds. The highest BCUT2D eigenvalue weighted by molar-refractivity contribution is 5.78. The van der Waals surface area contributed by atoms with E-state index in [0.29, 0.717) is 5.56 Å². The van der Waals surface area contributed by atoms with E-state index in [4.69, 9.17) is 20.1 Å². The number of carbonyl (C=O) groups excluding carboxylic acids is 2. The Morgan fingerprint density at radius 2 is 1.62 bits per heavy atom. The van der Waals surface area contributed by atoms with Gasteiger partial charge in [0, 0.05) is 6.42 Å². The van der Waals surface area contributed by atoms with Crippen LogP contribution in [-0.2, 0) is 20.7 Å². The van der Waals surface area contributed by atoms with E-state index in [1.165, 1.54) is 25.1 Å². The monoisotopic (exact) mass is 370 g/mol. The lowest BCUT2D eigenvalue weighted by molar-refractivity contribution is -0.144. The van der Waals surface area contributed by atoms with Crippen LogP contribution in [0.5, 0.6) is 11.5 Å². The average molecular weight is 370 g/mol. The van der Waals surface area contributed by atoms with Crippen LogP contribution in [0, 0.1) is 0 Å². The van der Waals surface area contributed by atoms with E-state index < -0.39 is 23.8 Å². The summed E-state index contributed by atoms with van der Waals surface area (Å²) in [5.41, 5.74) is 1.24. The molecule has 10 nitrogen and oxygen atoms in total. The third kappa shape index (κ3) is 5.90. The topological polar surface area (TPSA) is 146 Å². The van der Waals surface area contributed by atoms with Crippen molar-refractivity contribution < 1.29 is 38.4 Å². The van der Waals surface area contributed by atoms with Gasteiger partial charge in [0.25, 0.3) is 0 Å². The molecule has 4 N–H and O–H groups in total. The van der Waals surface area contributed by atoms with Crippen molar-refractivity contribution in [3.05, 3.63) is 23.8 Å². The third-order valence-corrected chi connectivity index (χ3v) is 3.27. The number of hydrogen-bond acceptors (Lipinski definition) is 9. The van der Waals surface area contributed by atoms with Crippen LogP contribution in [0.2, 0.25) is 0 Å². The summed E-state index contributed by atoms with van der Waals surface area (Å²) in [6, 6.07) is 4.20. The first-order valence-corrected chi connectivity index (χ1v) is 7.79. The van der Waals surface area contributed by atoms with Crippen LogP contribution in [0.3, 0.4) is 0 Å². The molecule has 0 spiro atoms. The SMILES string of the molecule is CCOC(=O)Oc1ccc(C[C@](C)(NN)C(=O)O)cc1OC(=O)OCC.